The lowest BCUT2D eigenvalue weighted by atomic mass is 10.2. The van der Waals surface area contributed by atoms with Crippen molar-refractivity contribution in [3.63, 3.8) is 0 Å². The number of methoxy groups -OCH3 is 1. The Labute approximate surface area is 192 Å². The van der Waals surface area contributed by atoms with Crippen LogP contribution >= 0.6 is 11.8 Å². The Hall–Kier alpha value is -4.05. The zero-order valence-electron chi connectivity index (χ0n) is 17.6. The molecule has 0 spiro atoms. The fraction of sp³-hybridized carbons (Fsp3) is 0.130. The summed E-state index contributed by atoms with van der Waals surface area (Å²) in [7, 11) is 1.55. The summed E-state index contributed by atoms with van der Waals surface area (Å²) in [6.07, 6.45) is 1.52. The van der Waals surface area contributed by atoms with Crippen LogP contribution in [-0.4, -0.2) is 34.4 Å². The highest BCUT2D eigenvalue weighted by molar-refractivity contribution is 7.99. The van der Waals surface area contributed by atoms with E-state index in [2.05, 4.69) is 15.6 Å². The van der Waals surface area contributed by atoms with Crippen LogP contribution in [0.1, 0.15) is 5.76 Å². The fourth-order valence-corrected chi connectivity index (χ4v) is 3.88. The summed E-state index contributed by atoms with van der Waals surface area (Å²) in [5.74, 6) is 0.591. The predicted molar refractivity (Wildman–Crippen MR) is 125 cm³/mol. The Balaban J connectivity index is 1.45. The molecule has 3 amide bonds. The highest BCUT2D eigenvalue weighted by atomic mass is 32.2. The van der Waals surface area contributed by atoms with E-state index < -0.39 is 11.9 Å². The van der Waals surface area contributed by atoms with Crippen LogP contribution in [0.3, 0.4) is 0 Å². The molecule has 10 heteroatoms. The number of benzene rings is 2. The van der Waals surface area contributed by atoms with E-state index >= 15 is 0 Å². The number of carbonyl (C=O) groups excluding carboxylic acids is 2. The first-order chi connectivity index (χ1) is 16.0. The zero-order valence-corrected chi connectivity index (χ0v) is 18.4. The van der Waals surface area contributed by atoms with Crippen molar-refractivity contribution in [3.8, 4) is 5.75 Å². The molecule has 9 nitrogen and oxygen atoms in total. The van der Waals surface area contributed by atoms with E-state index in [1.54, 1.807) is 67.8 Å². The maximum Gasteiger partial charge on any atom is 0.325 e. The second-order valence-corrected chi connectivity index (χ2v) is 7.84. The SMILES string of the molecule is COc1ccc(NC(=O)NC(=O)CSc2nc3ccccc3c(=O)n2Cc2ccco2)cc1. The molecule has 0 aliphatic heterocycles. The molecule has 33 heavy (non-hydrogen) atoms. The van der Waals surface area contributed by atoms with Crippen LogP contribution in [0.25, 0.3) is 10.9 Å². The van der Waals surface area contributed by atoms with Crippen molar-refractivity contribution in [2.75, 3.05) is 18.2 Å². The molecule has 0 saturated heterocycles. The number of hydrogen-bond acceptors (Lipinski definition) is 7. The molecular formula is C23H20N4O5S. The summed E-state index contributed by atoms with van der Waals surface area (Å²) in [6.45, 7) is 0.172. The molecule has 2 heterocycles. The molecule has 168 valence electrons. The highest BCUT2D eigenvalue weighted by Gasteiger charge is 2.15. The van der Waals surface area contributed by atoms with Gasteiger partial charge in [-0.25, -0.2) is 9.78 Å². The molecular weight excluding hydrogens is 444 g/mol. The predicted octanol–water partition coefficient (Wildman–Crippen LogP) is 3.49. The van der Waals surface area contributed by atoms with Gasteiger partial charge in [-0.15, -0.1) is 0 Å². The van der Waals surface area contributed by atoms with Gasteiger partial charge in [-0.3, -0.25) is 19.5 Å². The second kappa shape index (κ2) is 10.0. The summed E-state index contributed by atoms with van der Waals surface area (Å²) in [5.41, 5.74) is 0.799. The number of fused-ring (bicyclic) bond motifs is 1. The van der Waals surface area contributed by atoms with Gasteiger partial charge in [0.25, 0.3) is 5.56 Å². The van der Waals surface area contributed by atoms with Gasteiger partial charge in [-0.2, -0.15) is 0 Å². The van der Waals surface area contributed by atoms with E-state index in [4.69, 9.17) is 9.15 Å². The van der Waals surface area contributed by atoms with Gasteiger partial charge in [0.05, 0.1) is 36.6 Å². The molecule has 2 aromatic carbocycles. The first-order valence-corrected chi connectivity index (χ1v) is 10.9. The fourth-order valence-electron chi connectivity index (χ4n) is 3.09. The van der Waals surface area contributed by atoms with E-state index in [1.807, 2.05) is 0 Å². The Morgan fingerprint density at radius 1 is 1.09 bits per heavy atom. The Kier molecular flexibility index (Phi) is 6.75. The van der Waals surface area contributed by atoms with Crippen molar-refractivity contribution in [2.24, 2.45) is 0 Å². The topological polar surface area (TPSA) is 115 Å². The molecule has 0 saturated carbocycles. The third kappa shape index (κ3) is 5.42. The molecule has 2 N–H and O–H groups in total. The lowest BCUT2D eigenvalue weighted by Crippen LogP contribution is -2.35. The number of para-hydroxylation sites is 1. The standard InChI is InChI=1S/C23H20N4O5S/c1-31-16-10-8-15(9-11-16)24-22(30)26-20(28)14-33-23-25-19-7-3-2-6-18(19)21(29)27(23)13-17-5-4-12-32-17/h2-12H,13-14H2,1H3,(H2,24,26,28,30). The quantitative estimate of drug-likeness (QED) is 0.318. The molecule has 0 unspecified atom stereocenters. The molecule has 0 aliphatic rings. The number of rotatable bonds is 7. The van der Waals surface area contributed by atoms with E-state index in [9.17, 15) is 14.4 Å². The van der Waals surface area contributed by atoms with Gasteiger partial charge in [0.15, 0.2) is 5.16 Å². The number of nitrogens with zero attached hydrogens (tertiary/aromatic N) is 2. The summed E-state index contributed by atoms with van der Waals surface area (Å²) >= 11 is 1.06. The molecule has 4 rings (SSSR count). The van der Waals surface area contributed by atoms with E-state index in [0.717, 1.165) is 11.8 Å². The first-order valence-electron chi connectivity index (χ1n) is 9.93. The molecule has 0 aliphatic carbocycles. The van der Waals surface area contributed by atoms with Crippen molar-refractivity contribution in [2.45, 2.75) is 11.7 Å². The van der Waals surface area contributed by atoms with Crippen molar-refractivity contribution >= 4 is 40.3 Å². The van der Waals surface area contributed by atoms with Gasteiger partial charge >= 0.3 is 6.03 Å². The van der Waals surface area contributed by atoms with E-state index in [1.165, 1.54) is 10.8 Å². The zero-order chi connectivity index (χ0) is 23.2. The summed E-state index contributed by atoms with van der Waals surface area (Å²) in [5, 5.41) is 5.66. The van der Waals surface area contributed by atoms with Crippen LogP contribution in [0.2, 0.25) is 0 Å². The minimum Gasteiger partial charge on any atom is -0.497 e. The van der Waals surface area contributed by atoms with Crippen LogP contribution in [0.15, 0.2) is 81.3 Å². The second-order valence-electron chi connectivity index (χ2n) is 6.90. The van der Waals surface area contributed by atoms with Gasteiger partial charge in [0.1, 0.15) is 11.5 Å². The maximum atomic E-state index is 13.0. The number of carbonyl (C=O) groups is 2. The molecule has 2 aromatic heterocycles. The number of anilines is 1. The minimum absolute atomic E-state index is 0.112. The Morgan fingerprint density at radius 3 is 2.61 bits per heavy atom. The van der Waals surface area contributed by atoms with Gasteiger partial charge in [-0.05, 0) is 48.5 Å². The lowest BCUT2D eigenvalue weighted by molar-refractivity contribution is -0.117. The number of ether oxygens (including phenoxy) is 1. The van der Waals surface area contributed by atoms with Gasteiger partial charge in [0, 0.05) is 5.69 Å². The highest BCUT2D eigenvalue weighted by Crippen LogP contribution is 2.19. The molecule has 0 radical (unpaired) electrons. The van der Waals surface area contributed by atoms with Crippen LogP contribution in [0.5, 0.6) is 5.75 Å². The van der Waals surface area contributed by atoms with Gasteiger partial charge in [-0.1, -0.05) is 23.9 Å². The Morgan fingerprint density at radius 2 is 1.88 bits per heavy atom. The average molecular weight is 465 g/mol. The molecule has 0 fully saturated rings. The van der Waals surface area contributed by atoms with Crippen molar-refractivity contribution < 1.29 is 18.7 Å². The summed E-state index contributed by atoms with van der Waals surface area (Å²) in [6, 6.07) is 16.5. The lowest BCUT2D eigenvalue weighted by Gasteiger charge is -2.12. The maximum absolute atomic E-state index is 13.0. The number of furan rings is 1. The summed E-state index contributed by atoms with van der Waals surface area (Å²) < 4.78 is 11.9. The normalized spacial score (nSPS) is 10.7. The van der Waals surface area contributed by atoms with Crippen molar-refractivity contribution in [1.29, 1.82) is 0 Å². The van der Waals surface area contributed by atoms with Crippen molar-refractivity contribution in [3.05, 3.63) is 83.0 Å². The smallest absolute Gasteiger partial charge is 0.325 e. The monoisotopic (exact) mass is 464 g/mol. The number of imide groups is 1. The number of nitrogens with one attached hydrogen (secondary N) is 2. The van der Waals surface area contributed by atoms with E-state index in [0.29, 0.717) is 33.3 Å². The minimum atomic E-state index is -0.662. The number of urea groups is 1. The molecule has 0 bridgehead atoms. The number of thioether (sulfide) groups is 1. The third-order valence-electron chi connectivity index (χ3n) is 4.65. The average Bonchev–Trinajstić information content (AvgIpc) is 3.33. The Bertz CT molecular complexity index is 1330. The largest absolute Gasteiger partial charge is 0.497 e. The number of aromatic nitrogens is 2. The number of amides is 3. The van der Waals surface area contributed by atoms with Crippen LogP contribution < -0.4 is 20.9 Å². The van der Waals surface area contributed by atoms with Crippen LogP contribution in [0, 0.1) is 0 Å². The van der Waals surface area contributed by atoms with E-state index in [-0.39, 0.29) is 17.9 Å². The van der Waals surface area contributed by atoms with Gasteiger partial charge in [0.2, 0.25) is 5.91 Å². The number of hydrogen-bond donors (Lipinski definition) is 2. The van der Waals surface area contributed by atoms with Crippen LogP contribution in [0.4, 0.5) is 10.5 Å². The first kappa shape index (κ1) is 22.2. The summed E-state index contributed by atoms with van der Waals surface area (Å²) in [4.78, 5) is 42.1. The molecule has 4 aromatic rings. The molecule has 0 atom stereocenters. The van der Waals surface area contributed by atoms with Gasteiger partial charge < -0.3 is 14.5 Å². The third-order valence-corrected chi connectivity index (χ3v) is 5.63. The van der Waals surface area contributed by atoms with Crippen molar-refractivity contribution in [1.82, 2.24) is 14.9 Å². The van der Waals surface area contributed by atoms with Crippen LogP contribution in [-0.2, 0) is 11.3 Å².